The highest BCUT2D eigenvalue weighted by Crippen LogP contribution is 2.26. The Bertz CT molecular complexity index is 1160. The fourth-order valence-electron chi connectivity index (χ4n) is 3.12. The summed E-state index contributed by atoms with van der Waals surface area (Å²) < 4.78 is 15.5. The van der Waals surface area contributed by atoms with Gasteiger partial charge in [-0.05, 0) is 35.9 Å². The van der Waals surface area contributed by atoms with Crippen LogP contribution in [0.2, 0.25) is 0 Å². The van der Waals surface area contributed by atoms with E-state index < -0.39 is 5.82 Å². The molecule has 7 heteroatoms. The first-order valence-electron chi connectivity index (χ1n) is 8.75. The van der Waals surface area contributed by atoms with Gasteiger partial charge in [-0.15, -0.1) is 0 Å². The maximum atomic E-state index is 13.9. The number of carbonyl (C=O) groups excluding carboxylic acids is 1. The minimum Gasteiger partial charge on any atom is -0.337 e. The Morgan fingerprint density at radius 3 is 2.79 bits per heavy atom. The van der Waals surface area contributed by atoms with E-state index in [1.807, 2.05) is 25.4 Å². The lowest BCUT2D eigenvalue weighted by Gasteiger charge is -2.19. The topological polar surface area (TPSA) is 63.9 Å². The van der Waals surface area contributed by atoms with Crippen LogP contribution in [0.1, 0.15) is 15.9 Å². The van der Waals surface area contributed by atoms with Crippen LogP contribution in [0, 0.1) is 5.82 Å². The molecule has 0 aliphatic rings. The van der Waals surface area contributed by atoms with Crippen molar-refractivity contribution < 1.29 is 9.18 Å². The molecule has 1 aromatic carbocycles. The predicted octanol–water partition coefficient (Wildman–Crippen LogP) is 3.44. The van der Waals surface area contributed by atoms with Crippen molar-refractivity contribution in [1.82, 2.24) is 24.6 Å². The Labute approximate surface area is 161 Å². The maximum Gasteiger partial charge on any atom is 0.254 e. The molecular weight excluding hydrogens is 357 g/mol. The van der Waals surface area contributed by atoms with Crippen LogP contribution in [0.25, 0.3) is 22.2 Å². The summed E-state index contributed by atoms with van der Waals surface area (Å²) in [6.45, 7) is 0.397. The lowest BCUT2D eigenvalue weighted by Crippen LogP contribution is -2.26. The van der Waals surface area contributed by atoms with E-state index in [-0.39, 0.29) is 5.91 Å². The minimum absolute atomic E-state index is 0.216. The molecule has 0 radical (unpaired) electrons. The highest BCUT2D eigenvalue weighted by atomic mass is 19.1. The third kappa shape index (κ3) is 3.46. The number of aromatic nitrogens is 4. The van der Waals surface area contributed by atoms with Crippen LogP contribution < -0.4 is 0 Å². The van der Waals surface area contributed by atoms with Gasteiger partial charge >= 0.3 is 0 Å². The fourth-order valence-corrected chi connectivity index (χ4v) is 3.12. The van der Waals surface area contributed by atoms with Gasteiger partial charge in [-0.2, -0.15) is 5.10 Å². The average Bonchev–Trinajstić information content (AvgIpc) is 3.14. The molecule has 0 aliphatic carbocycles. The van der Waals surface area contributed by atoms with Gasteiger partial charge in [-0.25, -0.2) is 9.37 Å². The van der Waals surface area contributed by atoms with Crippen LogP contribution in [0.5, 0.6) is 0 Å². The number of halogens is 1. The van der Waals surface area contributed by atoms with Crippen LogP contribution in [0.4, 0.5) is 4.39 Å². The maximum absolute atomic E-state index is 13.9. The van der Waals surface area contributed by atoms with Crippen molar-refractivity contribution in [3.05, 3.63) is 78.1 Å². The van der Waals surface area contributed by atoms with Crippen LogP contribution in [-0.2, 0) is 13.6 Å². The second-order valence-electron chi connectivity index (χ2n) is 6.64. The molecule has 28 heavy (non-hydrogen) atoms. The van der Waals surface area contributed by atoms with Gasteiger partial charge < -0.3 is 4.90 Å². The lowest BCUT2D eigenvalue weighted by molar-refractivity contribution is 0.0787. The number of aryl methyl sites for hydroxylation is 1. The smallest absolute Gasteiger partial charge is 0.254 e. The number of amides is 1. The molecule has 4 aromatic rings. The number of carbonyl (C=O) groups is 1. The van der Waals surface area contributed by atoms with E-state index in [0.717, 1.165) is 11.1 Å². The van der Waals surface area contributed by atoms with Crippen molar-refractivity contribution in [3.63, 3.8) is 0 Å². The highest BCUT2D eigenvalue weighted by molar-refractivity contribution is 6.07. The summed E-state index contributed by atoms with van der Waals surface area (Å²) in [5.74, 6) is -0.626. The SMILES string of the molecule is CN(Cc1cccnc1)C(=O)c1cc(-c2cnn(C)c2)nc2ccc(F)cc12. The Kier molecular flexibility index (Phi) is 4.57. The first-order valence-corrected chi connectivity index (χ1v) is 8.75. The van der Waals surface area contributed by atoms with Gasteiger partial charge in [0, 0.05) is 50.2 Å². The quantitative estimate of drug-likeness (QED) is 0.548. The molecule has 1 amide bonds. The molecular formula is C21H18FN5O. The van der Waals surface area contributed by atoms with E-state index in [4.69, 9.17) is 0 Å². The first-order chi connectivity index (χ1) is 13.5. The van der Waals surface area contributed by atoms with E-state index in [0.29, 0.717) is 28.7 Å². The van der Waals surface area contributed by atoms with Crippen LogP contribution in [0.3, 0.4) is 0 Å². The molecule has 0 aliphatic heterocycles. The van der Waals surface area contributed by atoms with Gasteiger partial charge in [0.1, 0.15) is 5.82 Å². The molecule has 0 spiro atoms. The molecule has 0 saturated carbocycles. The summed E-state index contributed by atoms with van der Waals surface area (Å²) in [6.07, 6.45) is 6.91. The molecule has 0 bridgehead atoms. The number of benzene rings is 1. The van der Waals surface area contributed by atoms with Crippen LogP contribution in [-0.4, -0.2) is 37.6 Å². The normalized spacial score (nSPS) is 11.0. The number of rotatable bonds is 4. The third-order valence-corrected chi connectivity index (χ3v) is 4.49. The summed E-state index contributed by atoms with van der Waals surface area (Å²) in [5, 5.41) is 4.65. The number of hydrogen-bond donors (Lipinski definition) is 0. The summed E-state index contributed by atoms with van der Waals surface area (Å²) in [6, 6.07) is 9.70. The lowest BCUT2D eigenvalue weighted by atomic mass is 10.0. The summed E-state index contributed by atoms with van der Waals surface area (Å²) >= 11 is 0. The number of fused-ring (bicyclic) bond motifs is 1. The zero-order valence-electron chi connectivity index (χ0n) is 15.5. The molecule has 6 nitrogen and oxygen atoms in total. The largest absolute Gasteiger partial charge is 0.337 e. The number of pyridine rings is 2. The zero-order valence-corrected chi connectivity index (χ0v) is 15.5. The molecule has 140 valence electrons. The fraction of sp³-hybridized carbons (Fsp3) is 0.143. The Balaban J connectivity index is 1.79. The van der Waals surface area contributed by atoms with E-state index in [1.165, 1.54) is 12.1 Å². The van der Waals surface area contributed by atoms with Gasteiger partial charge in [0.15, 0.2) is 0 Å². The van der Waals surface area contributed by atoms with Crippen molar-refractivity contribution in [2.24, 2.45) is 7.05 Å². The Hall–Kier alpha value is -3.61. The second-order valence-corrected chi connectivity index (χ2v) is 6.64. The molecule has 4 rings (SSSR count). The highest BCUT2D eigenvalue weighted by Gasteiger charge is 2.19. The molecule has 3 aromatic heterocycles. The zero-order chi connectivity index (χ0) is 19.7. The Morgan fingerprint density at radius 1 is 1.21 bits per heavy atom. The van der Waals surface area contributed by atoms with Crippen molar-refractivity contribution in [1.29, 1.82) is 0 Å². The van der Waals surface area contributed by atoms with Crippen molar-refractivity contribution in [2.75, 3.05) is 7.05 Å². The Morgan fingerprint density at radius 2 is 2.07 bits per heavy atom. The molecule has 3 heterocycles. The van der Waals surface area contributed by atoms with Crippen molar-refractivity contribution in [2.45, 2.75) is 6.54 Å². The molecule has 0 fully saturated rings. The van der Waals surface area contributed by atoms with Gasteiger partial charge in [0.2, 0.25) is 0 Å². The third-order valence-electron chi connectivity index (χ3n) is 4.49. The van der Waals surface area contributed by atoms with Crippen molar-refractivity contribution >= 4 is 16.8 Å². The average molecular weight is 375 g/mol. The van der Waals surface area contributed by atoms with Crippen LogP contribution in [0.15, 0.2) is 61.2 Å². The molecule has 0 N–H and O–H groups in total. The van der Waals surface area contributed by atoms with E-state index in [9.17, 15) is 9.18 Å². The molecule has 0 unspecified atom stereocenters. The van der Waals surface area contributed by atoms with Gasteiger partial charge in [0.05, 0.1) is 23.0 Å². The van der Waals surface area contributed by atoms with Crippen molar-refractivity contribution in [3.8, 4) is 11.3 Å². The van der Waals surface area contributed by atoms with E-state index in [2.05, 4.69) is 15.1 Å². The van der Waals surface area contributed by atoms with E-state index in [1.54, 1.807) is 47.4 Å². The summed E-state index contributed by atoms with van der Waals surface area (Å²) in [4.78, 5) is 23.5. The molecule has 0 atom stereocenters. The van der Waals surface area contributed by atoms with Gasteiger partial charge in [-0.3, -0.25) is 14.5 Å². The number of nitrogens with zero attached hydrogens (tertiary/aromatic N) is 5. The molecule has 0 saturated heterocycles. The minimum atomic E-state index is -0.410. The van der Waals surface area contributed by atoms with Gasteiger partial charge in [-0.1, -0.05) is 6.07 Å². The summed E-state index contributed by atoms with van der Waals surface area (Å²) in [5.41, 5.74) is 3.27. The monoisotopic (exact) mass is 375 g/mol. The second kappa shape index (κ2) is 7.19. The van der Waals surface area contributed by atoms with Gasteiger partial charge in [0.25, 0.3) is 5.91 Å². The van der Waals surface area contributed by atoms with Crippen LogP contribution >= 0.6 is 0 Å². The number of hydrogen-bond acceptors (Lipinski definition) is 4. The van der Waals surface area contributed by atoms with E-state index >= 15 is 0 Å². The predicted molar refractivity (Wildman–Crippen MR) is 104 cm³/mol. The standard InChI is InChI=1S/C21H18FN5O/c1-26(12-14-4-3-7-23-10-14)21(28)18-9-20(15-11-24-27(2)13-15)25-19-6-5-16(22)8-17(18)19/h3-11,13H,12H2,1-2H3. The summed E-state index contributed by atoms with van der Waals surface area (Å²) in [7, 11) is 3.53. The first kappa shape index (κ1) is 17.8.